The van der Waals surface area contributed by atoms with Gasteiger partial charge in [-0.1, -0.05) is 30.3 Å². The predicted molar refractivity (Wildman–Crippen MR) is 82.5 cm³/mol. The molecule has 1 aromatic carbocycles. The Morgan fingerprint density at radius 1 is 1.36 bits per heavy atom. The molecule has 0 spiro atoms. The highest BCUT2D eigenvalue weighted by Gasteiger charge is 2.39. The molecule has 1 saturated carbocycles. The number of amides is 1. The maximum atomic E-state index is 12.4. The third kappa shape index (κ3) is 2.81. The Labute approximate surface area is 131 Å². The summed E-state index contributed by atoms with van der Waals surface area (Å²) in [6.45, 7) is 0.0799. The fourth-order valence-electron chi connectivity index (χ4n) is 2.81. The standard InChI is InChI=1S/C15H18N4O2S/c1-22(21)14-18-16-11-19(14)10-13(20)17-15(8-5-9-15)12-6-3-2-4-7-12/h2-4,6-7,11H,5,8-10H2,1H3,(H,17,20). The van der Waals surface area contributed by atoms with Crippen molar-refractivity contribution in [2.45, 2.75) is 36.5 Å². The van der Waals surface area contributed by atoms with Crippen LogP contribution in [0.5, 0.6) is 0 Å². The molecule has 0 aliphatic heterocycles. The average Bonchev–Trinajstić information content (AvgIpc) is 2.92. The first-order chi connectivity index (χ1) is 10.6. The smallest absolute Gasteiger partial charge is 0.240 e. The third-order valence-corrected chi connectivity index (χ3v) is 4.89. The minimum Gasteiger partial charge on any atom is -0.345 e. The van der Waals surface area contributed by atoms with E-state index in [1.165, 1.54) is 17.2 Å². The number of hydrogen-bond donors (Lipinski definition) is 1. The van der Waals surface area contributed by atoms with Gasteiger partial charge in [0, 0.05) is 6.26 Å². The zero-order valence-electron chi connectivity index (χ0n) is 12.4. The molecule has 1 N–H and O–H groups in total. The normalized spacial score (nSPS) is 17.5. The minimum atomic E-state index is -1.26. The van der Waals surface area contributed by atoms with Gasteiger partial charge in [0.15, 0.2) is 0 Å². The topological polar surface area (TPSA) is 76.9 Å². The van der Waals surface area contributed by atoms with Gasteiger partial charge in [0.2, 0.25) is 11.1 Å². The fourth-order valence-corrected chi connectivity index (χ4v) is 3.41. The molecule has 2 aromatic rings. The van der Waals surface area contributed by atoms with Gasteiger partial charge < -0.3 is 5.32 Å². The Kier molecular flexibility index (Phi) is 4.06. The number of benzene rings is 1. The number of carbonyl (C=O) groups is 1. The SMILES string of the molecule is CS(=O)c1nncn1CC(=O)NC1(c2ccccc2)CCC1. The maximum Gasteiger partial charge on any atom is 0.240 e. The molecule has 116 valence electrons. The second-order valence-electron chi connectivity index (χ2n) is 5.55. The van der Waals surface area contributed by atoms with Crippen molar-refractivity contribution >= 4 is 16.7 Å². The highest BCUT2D eigenvalue weighted by molar-refractivity contribution is 7.84. The van der Waals surface area contributed by atoms with Gasteiger partial charge in [0.25, 0.3) is 0 Å². The van der Waals surface area contributed by atoms with Crippen LogP contribution in [0, 0.1) is 0 Å². The van der Waals surface area contributed by atoms with Gasteiger partial charge >= 0.3 is 0 Å². The molecule has 0 radical (unpaired) electrons. The van der Waals surface area contributed by atoms with Gasteiger partial charge in [-0.3, -0.25) is 13.6 Å². The fraction of sp³-hybridized carbons (Fsp3) is 0.400. The summed E-state index contributed by atoms with van der Waals surface area (Å²) in [5, 5.41) is 11.0. The van der Waals surface area contributed by atoms with Crippen molar-refractivity contribution in [1.29, 1.82) is 0 Å². The van der Waals surface area contributed by atoms with Crippen LogP contribution < -0.4 is 5.32 Å². The summed E-state index contributed by atoms with van der Waals surface area (Å²) in [6.07, 6.45) is 5.95. The van der Waals surface area contributed by atoms with Crippen molar-refractivity contribution in [2.75, 3.05) is 6.26 Å². The largest absolute Gasteiger partial charge is 0.345 e. The molecule has 1 aliphatic carbocycles. The lowest BCUT2D eigenvalue weighted by Crippen LogP contribution is -2.51. The Bertz CT molecular complexity index is 695. The quantitative estimate of drug-likeness (QED) is 0.899. The zero-order valence-corrected chi connectivity index (χ0v) is 13.2. The first kappa shape index (κ1) is 14.9. The van der Waals surface area contributed by atoms with E-state index >= 15 is 0 Å². The lowest BCUT2D eigenvalue weighted by molar-refractivity contribution is -0.125. The first-order valence-corrected chi connectivity index (χ1v) is 8.74. The molecule has 0 saturated heterocycles. The van der Waals surface area contributed by atoms with Crippen molar-refractivity contribution in [1.82, 2.24) is 20.1 Å². The van der Waals surface area contributed by atoms with Crippen molar-refractivity contribution in [3.63, 3.8) is 0 Å². The summed E-state index contributed by atoms with van der Waals surface area (Å²) >= 11 is 0. The number of carbonyl (C=O) groups excluding carboxylic acids is 1. The second-order valence-corrected chi connectivity index (χ2v) is 6.82. The molecule has 22 heavy (non-hydrogen) atoms. The van der Waals surface area contributed by atoms with E-state index in [4.69, 9.17) is 0 Å². The van der Waals surface area contributed by atoms with Crippen LogP contribution in [-0.4, -0.2) is 31.1 Å². The predicted octanol–water partition coefficient (Wildman–Crippen LogP) is 1.21. The van der Waals surface area contributed by atoms with Crippen molar-refractivity contribution in [2.24, 2.45) is 0 Å². The van der Waals surface area contributed by atoms with Gasteiger partial charge in [-0.05, 0) is 24.8 Å². The molecule has 3 rings (SSSR count). The van der Waals surface area contributed by atoms with E-state index in [0.29, 0.717) is 5.16 Å². The molecule has 0 bridgehead atoms. The highest BCUT2D eigenvalue weighted by Crippen LogP contribution is 2.41. The average molecular weight is 318 g/mol. The van der Waals surface area contributed by atoms with E-state index in [9.17, 15) is 9.00 Å². The summed E-state index contributed by atoms with van der Waals surface area (Å²) in [5.41, 5.74) is 0.871. The summed E-state index contributed by atoms with van der Waals surface area (Å²) in [4.78, 5) is 12.4. The Morgan fingerprint density at radius 3 is 2.68 bits per heavy atom. The van der Waals surface area contributed by atoms with Gasteiger partial charge in [0.05, 0.1) is 16.3 Å². The zero-order chi connectivity index (χ0) is 15.6. The van der Waals surface area contributed by atoms with Crippen molar-refractivity contribution < 1.29 is 9.00 Å². The van der Waals surface area contributed by atoms with E-state index in [0.717, 1.165) is 24.8 Å². The molecule has 1 atom stereocenters. The second kappa shape index (κ2) is 6.00. The highest BCUT2D eigenvalue weighted by atomic mass is 32.2. The van der Waals surface area contributed by atoms with Crippen LogP contribution in [-0.2, 0) is 27.7 Å². The number of nitrogens with one attached hydrogen (secondary N) is 1. The third-order valence-electron chi connectivity index (χ3n) is 4.06. The maximum absolute atomic E-state index is 12.4. The summed E-state index contributed by atoms with van der Waals surface area (Å²) in [6, 6.07) is 10.0. The van der Waals surface area contributed by atoms with Crippen LogP contribution in [0.3, 0.4) is 0 Å². The van der Waals surface area contributed by atoms with Crippen LogP contribution >= 0.6 is 0 Å². The Balaban J connectivity index is 1.73. The molecular formula is C15H18N4O2S. The summed E-state index contributed by atoms with van der Waals surface area (Å²) in [7, 11) is -1.26. The van der Waals surface area contributed by atoms with E-state index in [1.807, 2.05) is 30.3 Å². The number of nitrogens with zero attached hydrogens (tertiary/aromatic N) is 3. The summed E-state index contributed by atoms with van der Waals surface area (Å²) in [5.74, 6) is -0.116. The van der Waals surface area contributed by atoms with Crippen LogP contribution in [0.25, 0.3) is 0 Å². The van der Waals surface area contributed by atoms with E-state index in [-0.39, 0.29) is 18.0 Å². The lowest BCUT2D eigenvalue weighted by atomic mass is 9.72. The molecule has 7 heteroatoms. The van der Waals surface area contributed by atoms with Gasteiger partial charge in [0.1, 0.15) is 12.9 Å². The van der Waals surface area contributed by atoms with Crippen LogP contribution in [0.2, 0.25) is 0 Å². The molecule has 1 aliphatic rings. The monoisotopic (exact) mass is 318 g/mol. The van der Waals surface area contributed by atoms with Crippen LogP contribution in [0.15, 0.2) is 41.8 Å². The molecule has 1 unspecified atom stereocenters. The van der Waals surface area contributed by atoms with E-state index < -0.39 is 10.8 Å². The first-order valence-electron chi connectivity index (χ1n) is 7.18. The van der Waals surface area contributed by atoms with Crippen LogP contribution in [0.1, 0.15) is 24.8 Å². The number of aromatic nitrogens is 3. The molecule has 1 amide bonds. The van der Waals surface area contributed by atoms with E-state index in [2.05, 4.69) is 15.5 Å². The van der Waals surface area contributed by atoms with Crippen molar-refractivity contribution in [3.05, 3.63) is 42.2 Å². The van der Waals surface area contributed by atoms with Gasteiger partial charge in [-0.25, -0.2) is 0 Å². The molecule has 1 aromatic heterocycles. The van der Waals surface area contributed by atoms with Crippen molar-refractivity contribution in [3.8, 4) is 0 Å². The van der Waals surface area contributed by atoms with Gasteiger partial charge in [-0.15, -0.1) is 10.2 Å². The summed E-state index contributed by atoms with van der Waals surface area (Å²) < 4.78 is 13.1. The Hall–Kier alpha value is -2.02. The number of rotatable bonds is 5. The Morgan fingerprint density at radius 2 is 2.09 bits per heavy atom. The molecule has 6 nitrogen and oxygen atoms in total. The molecule has 1 fully saturated rings. The molecular weight excluding hydrogens is 300 g/mol. The number of hydrogen-bond acceptors (Lipinski definition) is 4. The van der Waals surface area contributed by atoms with Gasteiger partial charge in [-0.2, -0.15) is 0 Å². The van der Waals surface area contributed by atoms with Crippen LogP contribution in [0.4, 0.5) is 0 Å². The molecule has 1 heterocycles. The van der Waals surface area contributed by atoms with E-state index in [1.54, 1.807) is 0 Å². The minimum absolute atomic E-state index is 0.0799. The lowest BCUT2D eigenvalue weighted by Gasteiger charge is -2.43.